The number of benzene rings is 12. The van der Waals surface area contributed by atoms with Crippen molar-refractivity contribution >= 4 is 51.2 Å². The first-order chi connectivity index (χ1) is 37.7. The second-order valence-corrected chi connectivity index (χ2v) is 19.3. The Morgan fingerprint density at radius 3 is 0.961 bits per heavy atom. The monoisotopic (exact) mass is 971 g/mol. The molecule has 0 bridgehead atoms. The van der Waals surface area contributed by atoms with Crippen LogP contribution < -0.4 is 14.7 Å². The van der Waals surface area contributed by atoms with Crippen molar-refractivity contribution in [3.8, 4) is 33.4 Å². The molecule has 76 heavy (non-hydrogen) atoms. The second kappa shape index (κ2) is 20.2. The van der Waals surface area contributed by atoms with Gasteiger partial charge in [0.25, 0.3) is 0 Å². The van der Waals surface area contributed by atoms with Gasteiger partial charge in [-0.1, -0.05) is 218 Å². The molecule has 13 rings (SSSR count). The molecule has 0 aliphatic heterocycles. The summed E-state index contributed by atoms with van der Waals surface area (Å²) >= 11 is 0. The van der Waals surface area contributed by atoms with E-state index in [1.807, 2.05) is 0 Å². The van der Waals surface area contributed by atoms with Gasteiger partial charge >= 0.3 is 0 Å². The number of nitrogens with zero attached hydrogens (tertiary/aromatic N) is 3. The van der Waals surface area contributed by atoms with Crippen molar-refractivity contribution in [3.63, 3.8) is 0 Å². The van der Waals surface area contributed by atoms with Gasteiger partial charge in [0.2, 0.25) is 0 Å². The molecule has 1 aliphatic rings. The van der Waals surface area contributed by atoms with Crippen LogP contribution in [0.2, 0.25) is 0 Å². The maximum atomic E-state index is 2.44. The minimum atomic E-state index is -0.521. The van der Waals surface area contributed by atoms with Crippen molar-refractivity contribution in [2.24, 2.45) is 0 Å². The average Bonchev–Trinajstić information content (AvgIpc) is 3.91. The Morgan fingerprint density at radius 2 is 0.513 bits per heavy atom. The van der Waals surface area contributed by atoms with E-state index in [1.165, 1.54) is 33.4 Å². The molecule has 360 valence electrons. The van der Waals surface area contributed by atoms with Crippen LogP contribution in [0.15, 0.2) is 322 Å². The lowest BCUT2D eigenvalue weighted by Crippen LogP contribution is -2.28. The number of rotatable bonds is 13. The number of fused-ring (bicyclic) bond motifs is 3. The largest absolute Gasteiger partial charge is 0.310 e. The maximum Gasteiger partial charge on any atom is 0.0713 e. The molecule has 1 aliphatic carbocycles. The van der Waals surface area contributed by atoms with Crippen LogP contribution in [-0.2, 0) is 5.41 Å². The normalized spacial score (nSPS) is 12.1. The van der Waals surface area contributed by atoms with Crippen LogP contribution in [0.4, 0.5) is 51.2 Å². The molecule has 0 atom stereocenters. The summed E-state index contributed by atoms with van der Waals surface area (Å²) in [6.07, 6.45) is 0. The highest BCUT2D eigenvalue weighted by atomic mass is 15.2. The van der Waals surface area contributed by atoms with E-state index < -0.39 is 5.41 Å². The highest BCUT2D eigenvalue weighted by Gasteiger charge is 2.46. The highest BCUT2D eigenvalue weighted by Crippen LogP contribution is 2.57. The van der Waals surface area contributed by atoms with Crippen molar-refractivity contribution in [2.45, 2.75) is 5.41 Å². The number of hydrogen-bond donors (Lipinski definition) is 0. The van der Waals surface area contributed by atoms with Gasteiger partial charge in [-0.2, -0.15) is 0 Å². The van der Waals surface area contributed by atoms with E-state index >= 15 is 0 Å². The highest BCUT2D eigenvalue weighted by molar-refractivity contribution is 5.92. The van der Waals surface area contributed by atoms with Crippen molar-refractivity contribution in [2.75, 3.05) is 14.7 Å². The Labute approximate surface area is 446 Å². The first kappa shape index (κ1) is 45.9. The zero-order chi connectivity index (χ0) is 50.7. The quantitative estimate of drug-likeness (QED) is 0.114. The summed E-state index contributed by atoms with van der Waals surface area (Å²) in [4.78, 5) is 7.18. The summed E-state index contributed by atoms with van der Waals surface area (Å²) in [5, 5.41) is 0. The summed E-state index contributed by atoms with van der Waals surface area (Å²) in [6.45, 7) is 0. The lowest BCUT2D eigenvalue weighted by Gasteiger charge is -2.34. The predicted molar refractivity (Wildman–Crippen MR) is 319 cm³/mol. The average molecular weight is 972 g/mol. The molecule has 0 amide bonds. The molecule has 12 aromatic carbocycles. The van der Waals surface area contributed by atoms with E-state index in [0.717, 1.165) is 73.4 Å². The van der Waals surface area contributed by atoms with Gasteiger partial charge in [0.1, 0.15) is 0 Å². The fraction of sp³-hybridized carbons (Fsp3) is 0.0137. The van der Waals surface area contributed by atoms with E-state index in [-0.39, 0.29) is 0 Å². The molecule has 0 N–H and O–H groups in total. The van der Waals surface area contributed by atoms with Crippen LogP contribution >= 0.6 is 0 Å². The fourth-order valence-corrected chi connectivity index (χ4v) is 11.5. The summed E-state index contributed by atoms with van der Waals surface area (Å²) in [7, 11) is 0. The molecule has 0 radical (unpaired) electrons. The third kappa shape index (κ3) is 8.40. The molecule has 3 nitrogen and oxygen atoms in total. The van der Waals surface area contributed by atoms with Crippen LogP contribution in [0.3, 0.4) is 0 Å². The molecular formula is C73H53N3. The Morgan fingerprint density at radius 1 is 0.184 bits per heavy atom. The smallest absolute Gasteiger partial charge is 0.0713 e. The van der Waals surface area contributed by atoms with Gasteiger partial charge in [-0.25, -0.2) is 0 Å². The number of anilines is 9. The molecule has 0 saturated carbocycles. The van der Waals surface area contributed by atoms with E-state index in [1.54, 1.807) is 0 Å². The minimum absolute atomic E-state index is 0.521. The molecule has 0 spiro atoms. The van der Waals surface area contributed by atoms with Gasteiger partial charge in [0.05, 0.1) is 5.41 Å². The first-order valence-corrected chi connectivity index (χ1v) is 26.1. The third-order valence-electron chi connectivity index (χ3n) is 14.8. The zero-order valence-corrected chi connectivity index (χ0v) is 41.9. The lowest BCUT2D eigenvalue weighted by molar-refractivity contribution is 0.768. The Bertz CT molecular complexity index is 3790. The third-order valence-corrected chi connectivity index (χ3v) is 14.8. The molecule has 0 saturated heterocycles. The van der Waals surface area contributed by atoms with Crippen LogP contribution in [0, 0.1) is 0 Å². The van der Waals surface area contributed by atoms with Gasteiger partial charge in [-0.15, -0.1) is 0 Å². The van der Waals surface area contributed by atoms with Gasteiger partial charge in [-0.05, 0) is 159 Å². The molecule has 12 aromatic rings. The van der Waals surface area contributed by atoms with Crippen molar-refractivity contribution in [3.05, 3.63) is 344 Å². The van der Waals surface area contributed by atoms with E-state index in [9.17, 15) is 0 Å². The SMILES string of the molecule is c1ccc(-c2cc(-c3ccccc3)cc(N(c3ccccc3)c3cccc(N(c4cccc(N(c5ccccc5)c5ccccc5)c4)c4ccc5c(c4)-c4ccccc4C5(c4ccccc4)c4ccccc4)c3)c2)cc1. The molecule has 3 heteroatoms. The molecule has 0 unspecified atom stereocenters. The van der Waals surface area contributed by atoms with Crippen molar-refractivity contribution < 1.29 is 0 Å². The van der Waals surface area contributed by atoms with Crippen LogP contribution in [-0.4, -0.2) is 0 Å². The maximum absolute atomic E-state index is 2.44. The first-order valence-electron chi connectivity index (χ1n) is 26.1. The van der Waals surface area contributed by atoms with Gasteiger partial charge in [0, 0.05) is 51.2 Å². The number of hydrogen-bond acceptors (Lipinski definition) is 3. The van der Waals surface area contributed by atoms with E-state index in [2.05, 4.69) is 336 Å². The Kier molecular flexibility index (Phi) is 12.2. The van der Waals surface area contributed by atoms with Crippen LogP contribution in [0.25, 0.3) is 33.4 Å². The fourth-order valence-electron chi connectivity index (χ4n) is 11.5. The molecule has 0 aromatic heterocycles. The van der Waals surface area contributed by atoms with Gasteiger partial charge in [-0.3, -0.25) is 0 Å². The number of para-hydroxylation sites is 3. The summed E-state index contributed by atoms with van der Waals surface area (Å²) in [5.41, 5.74) is 21.0. The van der Waals surface area contributed by atoms with E-state index in [4.69, 9.17) is 0 Å². The lowest BCUT2D eigenvalue weighted by atomic mass is 9.68. The Hall–Kier alpha value is -9.96. The van der Waals surface area contributed by atoms with Crippen LogP contribution in [0.5, 0.6) is 0 Å². The summed E-state index contributed by atoms with van der Waals surface area (Å²) in [5.74, 6) is 0. The van der Waals surface area contributed by atoms with Gasteiger partial charge in [0.15, 0.2) is 0 Å². The summed E-state index contributed by atoms with van der Waals surface area (Å²) in [6, 6.07) is 117. The predicted octanol–water partition coefficient (Wildman–Crippen LogP) is 19.8. The van der Waals surface area contributed by atoms with Crippen molar-refractivity contribution in [1.29, 1.82) is 0 Å². The Balaban J connectivity index is 1.03. The standard InChI is InChI=1S/C73H53N3/c1-8-26-54(27-9-1)56-48-57(55-28-10-2-11-29-55)50-68(49-56)75(62-38-20-7-21-39-62)64-41-25-43-66(52-64)76(65-42-24-40-63(51-65)74(60-34-16-5-17-35-60)61-36-18-6-19-37-61)67-46-47-72-70(53-67)69-44-22-23-45-71(69)73(72,58-30-12-3-13-31-58)59-32-14-4-15-33-59/h1-53H. The van der Waals surface area contributed by atoms with Crippen LogP contribution in [0.1, 0.15) is 22.3 Å². The summed E-state index contributed by atoms with van der Waals surface area (Å²) < 4.78 is 0. The van der Waals surface area contributed by atoms with E-state index in [0.29, 0.717) is 0 Å². The zero-order valence-electron chi connectivity index (χ0n) is 41.9. The molecule has 0 heterocycles. The molecular weight excluding hydrogens is 919 g/mol. The van der Waals surface area contributed by atoms with Crippen molar-refractivity contribution in [1.82, 2.24) is 0 Å². The topological polar surface area (TPSA) is 9.72 Å². The molecule has 0 fully saturated rings. The second-order valence-electron chi connectivity index (χ2n) is 19.3. The minimum Gasteiger partial charge on any atom is -0.310 e. The van der Waals surface area contributed by atoms with Gasteiger partial charge < -0.3 is 14.7 Å².